The zero-order valence-corrected chi connectivity index (χ0v) is 17.3. The van der Waals surface area contributed by atoms with Crippen LogP contribution in [0.3, 0.4) is 0 Å². The zero-order chi connectivity index (χ0) is 19.1. The highest BCUT2D eigenvalue weighted by atomic mass is 15.3. The second kappa shape index (κ2) is 7.23. The van der Waals surface area contributed by atoms with Crippen molar-refractivity contribution in [2.75, 3.05) is 13.1 Å². The summed E-state index contributed by atoms with van der Waals surface area (Å²) in [6, 6.07) is 9.52. The third-order valence-electron chi connectivity index (χ3n) is 7.46. The van der Waals surface area contributed by atoms with Crippen LogP contribution >= 0.6 is 0 Å². The Bertz CT molecular complexity index is 816. The van der Waals surface area contributed by atoms with Gasteiger partial charge in [-0.1, -0.05) is 12.1 Å². The maximum absolute atomic E-state index is 4.71. The Morgan fingerprint density at radius 3 is 2.29 bits per heavy atom. The molecule has 2 aliphatic heterocycles. The monoisotopic (exact) mass is 376 g/mol. The molecule has 4 nitrogen and oxygen atoms in total. The second-order valence-corrected chi connectivity index (χ2v) is 9.29. The fourth-order valence-corrected chi connectivity index (χ4v) is 6.17. The van der Waals surface area contributed by atoms with Gasteiger partial charge in [0.05, 0.1) is 11.4 Å². The van der Waals surface area contributed by atoms with Crippen molar-refractivity contribution in [3.63, 3.8) is 0 Å². The molecule has 1 aliphatic carbocycles. The summed E-state index contributed by atoms with van der Waals surface area (Å²) >= 11 is 0. The van der Waals surface area contributed by atoms with Crippen LogP contribution in [-0.4, -0.2) is 44.4 Å². The van der Waals surface area contributed by atoms with Crippen LogP contribution in [0.15, 0.2) is 36.7 Å². The van der Waals surface area contributed by atoms with E-state index in [-0.39, 0.29) is 0 Å². The van der Waals surface area contributed by atoms with E-state index in [0.29, 0.717) is 11.6 Å². The highest BCUT2D eigenvalue weighted by molar-refractivity contribution is 5.19. The van der Waals surface area contributed by atoms with E-state index in [1.165, 1.54) is 67.7 Å². The van der Waals surface area contributed by atoms with Crippen molar-refractivity contribution < 1.29 is 0 Å². The van der Waals surface area contributed by atoms with Gasteiger partial charge in [0.25, 0.3) is 0 Å². The Hall–Kier alpha value is -1.78. The van der Waals surface area contributed by atoms with Crippen LogP contribution in [-0.2, 0) is 13.1 Å². The minimum atomic E-state index is 0.346. The molecule has 1 spiro atoms. The van der Waals surface area contributed by atoms with Crippen LogP contribution in [0.4, 0.5) is 0 Å². The molecular formula is C24H32N4. The largest absolute Gasteiger partial charge is 0.292 e. The van der Waals surface area contributed by atoms with E-state index in [0.717, 1.165) is 19.0 Å². The lowest BCUT2D eigenvalue weighted by Crippen LogP contribution is -2.55. The molecule has 4 heterocycles. The lowest BCUT2D eigenvalue weighted by molar-refractivity contribution is 0.0442. The maximum Gasteiger partial charge on any atom is 0.0544 e. The van der Waals surface area contributed by atoms with Crippen LogP contribution in [0.2, 0.25) is 0 Å². The van der Waals surface area contributed by atoms with E-state index >= 15 is 0 Å². The van der Waals surface area contributed by atoms with Crippen molar-refractivity contribution in [1.29, 1.82) is 0 Å². The summed E-state index contributed by atoms with van der Waals surface area (Å²) in [6.07, 6.45) is 10.8. The molecule has 28 heavy (non-hydrogen) atoms. The molecule has 4 heteroatoms. The lowest BCUT2D eigenvalue weighted by Gasteiger charge is -2.44. The fourth-order valence-electron chi connectivity index (χ4n) is 6.17. The Morgan fingerprint density at radius 1 is 0.893 bits per heavy atom. The van der Waals surface area contributed by atoms with Gasteiger partial charge < -0.3 is 0 Å². The van der Waals surface area contributed by atoms with Crippen molar-refractivity contribution in [2.24, 2.45) is 5.92 Å². The van der Waals surface area contributed by atoms with Gasteiger partial charge in [-0.3, -0.25) is 19.8 Å². The SMILES string of the molecule is Cc1ccc(CN2CCC3CC[C@]4(CCCN4Cc4ccc(C)cn4)[C@H]32)nc1. The molecule has 2 aromatic heterocycles. The molecular weight excluding hydrogens is 344 g/mol. The summed E-state index contributed by atoms with van der Waals surface area (Å²) in [5, 5.41) is 0. The number of rotatable bonds is 4. The van der Waals surface area contributed by atoms with Gasteiger partial charge in [0.1, 0.15) is 0 Å². The predicted molar refractivity (Wildman–Crippen MR) is 112 cm³/mol. The van der Waals surface area contributed by atoms with Crippen molar-refractivity contribution >= 4 is 0 Å². The Balaban J connectivity index is 1.38. The van der Waals surface area contributed by atoms with E-state index in [1.54, 1.807) is 0 Å². The van der Waals surface area contributed by atoms with Crippen LogP contribution in [0.5, 0.6) is 0 Å². The lowest BCUT2D eigenvalue weighted by atomic mass is 9.87. The number of likely N-dealkylation sites (tertiary alicyclic amines) is 2. The van der Waals surface area contributed by atoms with E-state index in [2.05, 4.69) is 47.9 Å². The first-order valence-corrected chi connectivity index (χ1v) is 11.0. The van der Waals surface area contributed by atoms with Gasteiger partial charge in [0.15, 0.2) is 0 Å². The molecule has 3 atom stereocenters. The molecule has 3 aliphatic rings. The Labute approximate surface area is 169 Å². The molecule has 0 amide bonds. The van der Waals surface area contributed by atoms with Crippen LogP contribution < -0.4 is 0 Å². The van der Waals surface area contributed by atoms with Crippen molar-refractivity contribution in [2.45, 2.75) is 70.6 Å². The molecule has 3 fully saturated rings. The third kappa shape index (κ3) is 3.17. The normalized spacial score (nSPS) is 30.4. The van der Waals surface area contributed by atoms with Gasteiger partial charge in [-0.25, -0.2) is 0 Å². The summed E-state index contributed by atoms with van der Waals surface area (Å²) in [6.45, 7) is 8.67. The highest BCUT2D eigenvalue weighted by Crippen LogP contribution is 2.52. The predicted octanol–water partition coefficient (Wildman–Crippen LogP) is 4.11. The summed E-state index contributed by atoms with van der Waals surface area (Å²) < 4.78 is 0. The molecule has 1 saturated carbocycles. The Morgan fingerprint density at radius 2 is 1.61 bits per heavy atom. The van der Waals surface area contributed by atoms with Crippen molar-refractivity contribution in [1.82, 2.24) is 19.8 Å². The first kappa shape index (κ1) is 18.3. The van der Waals surface area contributed by atoms with E-state index in [9.17, 15) is 0 Å². The van der Waals surface area contributed by atoms with Gasteiger partial charge in [-0.15, -0.1) is 0 Å². The Kier molecular flexibility index (Phi) is 4.72. The smallest absolute Gasteiger partial charge is 0.0544 e. The van der Waals surface area contributed by atoms with Crippen molar-refractivity contribution in [3.05, 3.63) is 59.2 Å². The molecule has 2 aromatic rings. The molecule has 148 valence electrons. The molecule has 1 unspecified atom stereocenters. The minimum Gasteiger partial charge on any atom is -0.292 e. The summed E-state index contributed by atoms with van der Waals surface area (Å²) in [5.41, 5.74) is 5.28. The quantitative estimate of drug-likeness (QED) is 0.804. The van der Waals surface area contributed by atoms with Gasteiger partial charge in [0.2, 0.25) is 0 Å². The number of aryl methyl sites for hydroxylation is 2. The molecule has 0 aromatic carbocycles. The molecule has 2 saturated heterocycles. The van der Waals surface area contributed by atoms with Gasteiger partial charge in [-0.2, -0.15) is 0 Å². The summed E-state index contributed by atoms with van der Waals surface area (Å²) in [7, 11) is 0. The summed E-state index contributed by atoms with van der Waals surface area (Å²) in [4.78, 5) is 15.0. The maximum atomic E-state index is 4.71. The molecule has 0 N–H and O–H groups in total. The minimum absolute atomic E-state index is 0.346. The van der Waals surface area contributed by atoms with Crippen LogP contribution in [0, 0.1) is 19.8 Å². The topological polar surface area (TPSA) is 32.3 Å². The third-order valence-corrected chi connectivity index (χ3v) is 7.46. The van der Waals surface area contributed by atoms with Crippen molar-refractivity contribution in [3.8, 4) is 0 Å². The first-order valence-electron chi connectivity index (χ1n) is 11.0. The van der Waals surface area contributed by atoms with Gasteiger partial charge >= 0.3 is 0 Å². The molecule has 0 radical (unpaired) electrons. The fraction of sp³-hybridized carbons (Fsp3) is 0.583. The number of aromatic nitrogens is 2. The molecule has 0 bridgehead atoms. The van der Waals surface area contributed by atoms with E-state index < -0.39 is 0 Å². The second-order valence-electron chi connectivity index (χ2n) is 9.29. The van der Waals surface area contributed by atoms with E-state index in [1.807, 2.05) is 12.4 Å². The van der Waals surface area contributed by atoms with E-state index in [4.69, 9.17) is 9.97 Å². The van der Waals surface area contributed by atoms with Crippen LogP contribution in [0.1, 0.15) is 54.6 Å². The molecule has 5 rings (SSSR count). The number of fused-ring (bicyclic) bond motifs is 2. The zero-order valence-electron chi connectivity index (χ0n) is 17.3. The van der Waals surface area contributed by atoms with Crippen LogP contribution in [0.25, 0.3) is 0 Å². The van der Waals surface area contributed by atoms with Gasteiger partial charge in [-0.05, 0) is 88.2 Å². The number of hydrogen-bond donors (Lipinski definition) is 0. The first-order chi connectivity index (χ1) is 13.6. The average Bonchev–Trinajstić information content (AvgIpc) is 3.38. The number of pyridine rings is 2. The standard InChI is InChI=1S/C24H32N4/c1-18-4-6-21(25-14-18)16-27-13-9-20-8-11-24(23(20)27)10-3-12-28(24)17-22-7-5-19(2)15-26-22/h4-7,14-15,20,23H,3,8-13,16-17H2,1-2H3/t20?,23-,24+/m0/s1. The summed E-state index contributed by atoms with van der Waals surface area (Å²) in [5.74, 6) is 0.858. The number of hydrogen-bond acceptors (Lipinski definition) is 4. The van der Waals surface area contributed by atoms with Gasteiger partial charge in [0, 0.05) is 37.1 Å². The average molecular weight is 377 g/mol. The number of nitrogens with zero attached hydrogens (tertiary/aromatic N) is 4. The highest BCUT2D eigenvalue weighted by Gasteiger charge is 2.57.